The lowest BCUT2D eigenvalue weighted by Crippen LogP contribution is -2.31. The number of nitrogens with one attached hydrogen (secondary N) is 3. The molecular weight excluding hydrogens is 304 g/mol. The maximum Gasteiger partial charge on any atom is 0.319 e. The van der Waals surface area contributed by atoms with Gasteiger partial charge in [0, 0.05) is 24.0 Å². The Kier molecular flexibility index (Phi) is 6.08. The molecule has 0 aliphatic carbocycles. The average molecular weight is 324 g/mol. The molecule has 0 saturated heterocycles. The molecule has 1 aromatic carbocycles. The van der Waals surface area contributed by atoms with Crippen molar-refractivity contribution in [3.05, 3.63) is 72.6 Å². The van der Waals surface area contributed by atoms with E-state index in [-0.39, 0.29) is 18.0 Å². The molecule has 124 valence electrons. The molecule has 3 N–H and O–H groups in total. The molecule has 2 rings (SSSR count). The molecule has 2 aromatic rings. The molecule has 1 heterocycles. The van der Waals surface area contributed by atoms with Crippen molar-refractivity contribution in [2.24, 2.45) is 0 Å². The maximum atomic E-state index is 12.0. The first kappa shape index (κ1) is 17.2. The summed E-state index contributed by atoms with van der Waals surface area (Å²) < 4.78 is 0. The first-order chi connectivity index (χ1) is 11.6. The van der Waals surface area contributed by atoms with Gasteiger partial charge in [0.1, 0.15) is 0 Å². The maximum absolute atomic E-state index is 12.0. The van der Waals surface area contributed by atoms with Crippen molar-refractivity contribution in [2.75, 3.05) is 11.9 Å². The summed E-state index contributed by atoms with van der Waals surface area (Å²) in [4.78, 5) is 28.0. The molecule has 3 amide bonds. The van der Waals surface area contributed by atoms with Gasteiger partial charge in [-0.3, -0.25) is 9.78 Å². The quantitative estimate of drug-likeness (QED) is 0.715. The SMILES string of the molecule is C=CCNC(=O)c1ccc(NC(=O)N[C@H](C)c2ccccn2)cc1. The fourth-order valence-corrected chi connectivity index (χ4v) is 2.04. The number of nitrogens with zero attached hydrogens (tertiary/aromatic N) is 1. The highest BCUT2D eigenvalue weighted by Crippen LogP contribution is 2.11. The van der Waals surface area contributed by atoms with E-state index in [1.807, 2.05) is 25.1 Å². The Hall–Kier alpha value is -3.15. The molecule has 6 nitrogen and oxygen atoms in total. The van der Waals surface area contributed by atoms with Gasteiger partial charge >= 0.3 is 6.03 Å². The van der Waals surface area contributed by atoms with Crippen molar-refractivity contribution in [3.8, 4) is 0 Å². The van der Waals surface area contributed by atoms with Crippen LogP contribution in [0.4, 0.5) is 10.5 Å². The van der Waals surface area contributed by atoms with Gasteiger partial charge < -0.3 is 16.0 Å². The van der Waals surface area contributed by atoms with Crippen LogP contribution in [0.2, 0.25) is 0 Å². The van der Waals surface area contributed by atoms with Crippen molar-refractivity contribution < 1.29 is 9.59 Å². The minimum Gasteiger partial charge on any atom is -0.349 e. The number of pyridine rings is 1. The monoisotopic (exact) mass is 324 g/mol. The smallest absolute Gasteiger partial charge is 0.319 e. The van der Waals surface area contributed by atoms with Crippen LogP contribution in [-0.2, 0) is 0 Å². The summed E-state index contributed by atoms with van der Waals surface area (Å²) >= 11 is 0. The van der Waals surface area contributed by atoms with Crippen LogP contribution in [0.3, 0.4) is 0 Å². The van der Waals surface area contributed by atoms with E-state index in [0.29, 0.717) is 17.8 Å². The number of aromatic nitrogens is 1. The van der Waals surface area contributed by atoms with Crippen molar-refractivity contribution in [3.63, 3.8) is 0 Å². The number of anilines is 1. The van der Waals surface area contributed by atoms with E-state index in [1.165, 1.54) is 0 Å². The summed E-state index contributed by atoms with van der Waals surface area (Å²) in [6, 6.07) is 11.6. The summed E-state index contributed by atoms with van der Waals surface area (Å²) in [6.07, 6.45) is 3.29. The van der Waals surface area contributed by atoms with Gasteiger partial charge in [0.15, 0.2) is 0 Å². The molecule has 0 aliphatic rings. The standard InChI is InChI=1S/C18H20N4O2/c1-3-11-20-17(23)14-7-9-15(10-8-14)22-18(24)21-13(2)16-6-4-5-12-19-16/h3-10,12-13H,1,11H2,2H3,(H,20,23)(H2,21,22,24)/t13-/m1/s1. The molecule has 0 spiro atoms. The molecule has 0 saturated carbocycles. The van der Waals surface area contributed by atoms with Gasteiger partial charge in [0.05, 0.1) is 11.7 Å². The average Bonchev–Trinajstić information content (AvgIpc) is 2.61. The lowest BCUT2D eigenvalue weighted by molar-refractivity contribution is 0.0958. The summed E-state index contributed by atoms with van der Waals surface area (Å²) in [5.74, 6) is -0.185. The number of rotatable bonds is 6. The summed E-state index contributed by atoms with van der Waals surface area (Å²) in [5, 5.41) is 8.22. The predicted octanol–water partition coefficient (Wildman–Crippen LogP) is 2.88. The predicted molar refractivity (Wildman–Crippen MR) is 93.8 cm³/mol. The van der Waals surface area contributed by atoms with Crippen LogP contribution in [0.15, 0.2) is 61.3 Å². The lowest BCUT2D eigenvalue weighted by Gasteiger charge is -2.14. The number of carbonyl (C=O) groups is 2. The molecule has 6 heteroatoms. The molecule has 0 bridgehead atoms. The van der Waals surface area contributed by atoms with E-state index in [2.05, 4.69) is 27.5 Å². The minimum atomic E-state index is -0.336. The zero-order chi connectivity index (χ0) is 17.4. The molecule has 1 atom stereocenters. The van der Waals surface area contributed by atoms with Crippen molar-refractivity contribution in [1.82, 2.24) is 15.6 Å². The fourth-order valence-electron chi connectivity index (χ4n) is 2.04. The Morgan fingerprint density at radius 3 is 2.58 bits per heavy atom. The van der Waals surface area contributed by atoms with Crippen LogP contribution < -0.4 is 16.0 Å². The Bertz CT molecular complexity index is 699. The fraction of sp³-hybridized carbons (Fsp3) is 0.167. The van der Waals surface area contributed by atoms with Gasteiger partial charge in [0.25, 0.3) is 5.91 Å². The summed E-state index contributed by atoms with van der Waals surface area (Å²) in [6.45, 7) is 5.81. The molecule has 1 aromatic heterocycles. The van der Waals surface area contributed by atoms with Crippen LogP contribution in [0.5, 0.6) is 0 Å². The molecule has 0 radical (unpaired) electrons. The summed E-state index contributed by atoms with van der Waals surface area (Å²) in [7, 11) is 0. The number of carbonyl (C=O) groups excluding carboxylic acids is 2. The van der Waals surface area contributed by atoms with Gasteiger partial charge in [-0.1, -0.05) is 12.1 Å². The zero-order valence-electron chi connectivity index (χ0n) is 13.5. The molecule has 0 unspecified atom stereocenters. The number of hydrogen-bond donors (Lipinski definition) is 3. The Morgan fingerprint density at radius 2 is 1.96 bits per heavy atom. The van der Waals surface area contributed by atoms with Crippen LogP contribution in [0.25, 0.3) is 0 Å². The molecule has 0 aliphatic heterocycles. The van der Waals surface area contributed by atoms with Crippen LogP contribution >= 0.6 is 0 Å². The van der Waals surface area contributed by atoms with E-state index in [0.717, 1.165) is 5.69 Å². The highest BCUT2D eigenvalue weighted by Gasteiger charge is 2.10. The van der Waals surface area contributed by atoms with Crippen molar-refractivity contribution in [1.29, 1.82) is 0 Å². The second-order valence-electron chi connectivity index (χ2n) is 5.15. The van der Waals surface area contributed by atoms with Gasteiger partial charge in [-0.15, -0.1) is 6.58 Å². The topological polar surface area (TPSA) is 83.1 Å². The van der Waals surface area contributed by atoms with Crippen LogP contribution in [0.1, 0.15) is 29.0 Å². The second kappa shape index (κ2) is 8.47. The van der Waals surface area contributed by atoms with Crippen molar-refractivity contribution >= 4 is 17.6 Å². The van der Waals surface area contributed by atoms with E-state index in [9.17, 15) is 9.59 Å². The van der Waals surface area contributed by atoms with E-state index < -0.39 is 0 Å². The number of benzene rings is 1. The molecule has 0 fully saturated rings. The highest BCUT2D eigenvalue weighted by atomic mass is 16.2. The molecule has 24 heavy (non-hydrogen) atoms. The molecular formula is C18H20N4O2. The van der Waals surface area contributed by atoms with Gasteiger partial charge in [-0.2, -0.15) is 0 Å². The first-order valence-corrected chi connectivity index (χ1v) is 7.57. The minimum absolute atomic E-state index is 0.185. The van der Waals surface area contributed by atoms with Gasteiger partial charge in [-0.05, 0) is 43.3 Å². The normalized spacial score (nSPS) is 11.2. The third kappa shape index (κ3) is 4.95. The highest BCUT2D eigenvalue weighted by molar-refractivity contribution is 5.95. The zero-order valence-corrected chi connectivity index (χ0v) is 13.5. The third-order valence-electron chi connectivity index (χ3n) is 3.29. The number of urea groups is 1. The van der Waals surface area contributed by atoms with Gasteiger partial charge in [-0.25, -0.2) is 4.79 Å². The summed E-state index contributed by atoms with van der Waals surface area (Å²) in [5.41, 5.74) is 1.90. The Balaban J connectivity index is 1.90. The third-order valence-corrected chi connectivity index (χ3v) is 3.29. The second-order valence-corrected chi connectivity index (χ2v) is 5.15. The first-order valence-electron chi connectivity index (χ1n) is 7.57. The van der Waals surface area contributed by atoms with Crippen LogP contribution in [-0.4, -0.2) is 23.5 Å². The van der Waals surface area contributed by atoms with Crippen molar-refractivity contribution in [2.45, 2.75) is 13.0 Å². The van der Waals surface area contributed by atoms with E-state index >= 15 is 0 Å². The Labute approximate surface area is 141 Å². The largest absolute Gasteiger partial charge is 0.349 e. The number of amides is 3. The van der Waals surface area contributed by atoms with E-state index in [1.54, 1.807) is 36.5 Å². The van der Waals surface area contributed by atoms with Gasteiger partial charge in [0.2, 0.25) is 0 Å². The Morgan fingerprint density at radius 1 is 1.21 bits per heavy atom. The number of hydrogen-bond acceptors (Lipinski definition) is 3. The van der Waals surface area contributed by atoms with E-state index in [4.69, 9.17) is 0 Å². The van der Waals surface area contributed by atoms with Crippen LogP contribution in [0, 0.1) is 0 Å². The lowest BCUT2D eigenvalue weighted by atomic mass is 10.2.